The maximum Gasteiger partial charge on any atom is 0.272 e. The minimum atomic E-state index is -0.141. The van der Waals surface area contributed by atoms with Crippen LogP contribution in [0.15, 0.2) is 42.7 Å². The number of hydrogen-bond acceptors (Lipinski definition) is 4. The molecule has 128 valence electrons. The number of H-pyrrole nitrogens is 1. The van der Waals surface area contributed by atoms with E-state index in [0.717, 1.165) is 42.0 Å². The topological polar surface area (TPSA) is 78.8 Å². The van der Waals surface area contributed by atoms with Gasteiger partial charge in [-0.1, -0.05) is 12.1 Å². The number of aromatic nitrogens is 4. The van der Waals surface area contributed by atoms with Crippen molar-refractivity contribution in [2.45, 2.75) is 19.5 Å². The van der Waals surface area contributed by atoms with Gasteiger partial charge in [-0.15, -0.1) is 0 Å². The van der Waals surface area contributed by atoms with Gasteiger partial charge in [-0.3, -0.25) is 9.89 Å². The maximum atomic E-state index is 12.5. The van der Waals surface area contributed by atoms with Crippen molar-refractivity contribution in [3.05, 3.63) is 65.2 Å². The zero-order valence-corrected chi connectivity index (χ0v) is 14.1. The molecule has 2 aromatic heterocycles. The molecule has 0 unspecified atom stereocenters. The first-order valence-electron chi connectivity index (χ1n) is 8.32. The van der Waals surface area contributed by atoms with Gasteiger partial charge in [-0.05, 0) is 30.8 Å². The van der Waals surface area contributed by atoms with Crippen LogP contribution >= 0.6 is 0 Å². The molecule has 0 spiro atoms. The lowest BCUT2D eigenvalue weighted by Crippen LogP contribution is -2.29. The molecule has 1 aliphatic rings. The lowest BCUT2D eigenvalue weighted by molar-refractivity contribution is 0.0944. The van der Waals surface area contributed by atoms with Crippen molar-refractivity contribution in [3.8, 4) is 5.69 Å². The summed E-state index contributed by atoms with van der Waals surface area (Å²) < 4.78 is 1.80. The quantitative estimate of drug-likeness (QED) is 0.757. The Morgan fingerprint density at radius 3 is 3.12 bits per heavy atom. The third-order valence-corrected chi connectivity index (χ3v) is 4.47. The van der Waals surface area contributed by atoms with Gasteiger partial charge in [0, 0.05) is 49.7 Å². The Kier molecular flexibility index (Phi) is 4.07. The maximum absolute atomic E-state index is 12.5. The van der Waals surface area contributed by atoms with Gasteiger partial charge in [0.05, 0.1) is 5.69 Å². The summed E-state index contributed by atoms with van der Waals surface area (Å²) in [6.45, 7) is 2.19. The third-order valence-electron chi connectivity index (χ3n) is 4.47. The van der Waals surface area contributed by atoms with E-state index in [1.165, 1.54) is 0 Å². The van der Waals surface area contributed by atoms with Crippen molar-refractivity contribution >= 4 is 5.91 Å². The van der Waals surface area contributed by atoms with Crippen LogP contribution in [0.1, 0.15) is 27.3 Å². The van der Waals surface area contributed by atoms with Gasteiger partial charge in [0.1, 0.15) is 0 Å². The number of carbonyl (C=O) groups is 1. The third kappa shape index (κ3) is 3.18. The molecule has 3 heterocycles. The number of carbonyl (C=O) groups excluding carboxylic acids is 1. The van der Waals surface area contributed by atoms with E-state index in [4.69, 9.17) is 0 Å². The first-order chi connectivity index (χ1) is 12.2. The van der Waals surface area contributed by atoms with Crippen LogP contribution in [0.3, 0.4) is 0 Å². The first-order valence-corrected chi connectivity index (χ1v) is 8.32. The van der Waals surface area contributed by atoms with Crippen LogP contribution in [0, 0.1) is 0 Å². The molecule has 0 saturated heterocycles. The number of amides is 1. The fraction of sp³-hybridized carbons (Fsp3) is 0.278. The number of aromatic amines is 1. The molecule has 4 rings (SSSR count). The molecule has 3 aromatic rings. The fourth-order valence-electron chi connectivity index (χ4n) is 3.11. The molecular formula is C18H20N6O. The number of benzene rings is 1. The average Bonchev–Trinajstić information content (AvgIpc) is 3.29. The van der Waals surface area contributed by atoms with Gasteiger partial charge in [0.2, 0.25) is 0 Å². The summed E-state index contributed by atoms with van der Waals surface area (Å²) in [4.78, 5) is 14.7. The molecule has 1 aliphatic heterocycles. The van der Waals surface area contributed by atoms with Crippen LogP contribution in [-0.4, -0.2) is 44.4 Å². The van der Waals surface area contributed by atoms with Gasteiger partial charge in [-0.25, -0.2) is 4.68 Å². The van der Waals surface area contributed by atoms with Crippen LogP contribution in [0.25, 0.3) is 5.69 Å². The number of nitrogens with one attached hydrogen (secondary N) is 2. The fourth-order valence-corrected chi connectivity index (χ4v) is 3.11. The molecule has 0 aliphatic carbocycles. The molecule has 0 bridgehead atoms. The summed E-state index contributed by atoms with van der Waals surface area (Å²) in [5.74, 6) is -0.141. The minimum absolute atomic E-state index is 0.141. The number of rotatable bonds is 4. The van der Waals surface area contributed by atoms with Crippen molar-refractivity contribution in [1.82, 2.24) is 30.2 Å². The Morgan fingerprint density at radius 1 is 1.36 bits per heavy atom. The van der Waals surface area contributed by atoms with Crippen molar-refractivity contribution in [3.63, 3.8) is 0 Å². The van der Waals surface area contributed by atoms with E-state index in [1.807, 2.05) is 36.5 Å². The Labute approximate surface area is 145 Å². The van der Waals surface area contributed by atoms with Crippen molar-refractivity contribution in [2.24, 2.45) is 0 Å². The van der Waals surface area contributed by atoms with Crippen molar-refractivity contribution in [2.75, 3.05) is 13.6 Å². The number of nitrogens with zero attached hydrogens (tertiary/aromatic N) is 4. The molecule has 2 N–H and O–H groups in total. The van der Waals surface area contributed by atoms with Crippen LogP contribution in [0.5, 0.6) is 0 Å². The highest BCUT2D eigenvalue weighted by atomic mass is 16.1. The van der Waals surface area contributed by atoms with Gasteiger partial charge in [0.15, 0.2) is 5.69 Å². The molecule has 7 heteroatoms. The van der Waals surface area contributed by atoms with E-state index in [2.05, 4.69) is 32.6 Å². The Balaban J connectivity index is 1.46. The largest absolute Gasteiger partial charge is 0.347 e. The van der Waals surface area contributed by atoms with E-state index in [0.29, 0.717) is 12.2 Å². The Morgan fingerprint density at radius 2 is 2.28 bits per heavy atom. The smallest absolute Gasteiger partial charge is 0.272 e. The highest BCUT2D eigenvalue weighted by Crippen LogP contribution is 2.19. The van der Waals surface area contributed by atoms with Crippen LogP contribution in [0.2, 0.25) is 0 Å². The van der Waals surface area contributed by atoms with E-state index in [-0.39, 0.29) is 5.91 Å². The van der Waals surface area contributed by atoms with E-state index in [1.54, 1.807) is 10.9 Å². The van der Waals surface area contributed by atoms with Gasteiger partial charge >= 0.3 is 0 Å². The predicted molar refractivity (Wildman–Crippen MR) is 93.4 cm³/mol. The molecule has 1 aromatic carbocycles. The van der Waals surface area contributed by atoms with Crippen molar-refractivity contribution < 1.29 is 4.79 Å². The highest BCUT2D eigenvalue weighted by molar-refractivity contribution is 5.94. The molecular weight excluding hydrogens is 316 g/mol. The molecule has 25 heavy (non-hydrogen) atoms. The Bertz CT molecular complexity index is 883. The summed E-state index contributed by atoms with van der Waals surface area (Å²) in [6.07, 6.45) is 4.54. The molecule has 0 saturated carbocycles. The van der Waals surface area contributed by atoms with E-state index in [9.17, 15) is 4.79 Å². The summed E-state index contributed by atoms with van der Waals surface area (Å²) in [6, 6.07) is 9.83. The monoisotopic (exact) mass is 336 g/mol. The molecule has 0 atom stereocenters. The number of likely N-dealkylation sites (N-methyl/N-ethyl adjacent to an activating group) is 1. The lowest BCUT2D eigenvalue weighted by atomic mass is 10.1. The standard InChI is InChI=1S/C18H20N6O/c1-23-9-6-16-15(12-23)17(22-21-16)18(25)19-11-13-4-2-5-14(10-13)24-8-3-7-20-24/h2-5,7-8,10H,6,9,11-12H2,1H3,(H,19,25)(H,21,22). The zero-order chi connectivity index (χ0) is 17.2. The van der Waals surface area contributed by atoms with Crippen LogP contribution in [-0.2, 0) is 19.5 Å². The van der Waals surface area contributed by atoms with Gasteiger partial charge in [0.25, 0.3) is 5.91 Å². The lowest BCUT2D eigenvalue weighted by Gasteiger charge is -2.22. The van der Waals surface area contributed by atoms with Crippen LogP contribution < -0.4 is 5.32 Å². The molecule has 0 radical (unpaired) electrons. The van der Waals surface area contributed by atoms with E-state index >= 15 is 0 Å². The first kappa shape index (κ1) is 15.6. The highest BCUT2D eigenvalue weighted by Gasteiger charge is 2.23. The number of hydrogen-bond donors (Lipinski definition) is 2. The zero-order valence-electron chi connectivity index (χ0n) is 14.1. The molecule has 0 fully saturated rings. The molecule has 7 nitrogen and oxygen atoms in total. The van der Waals surface area contributed by atoms with Crippen LogP contribution in [0.4, 0.5) is 0 Å². The van der Waals surface area contributed by atoms with Crippen molar-refractivity contribution in [1.29, 1.82) is 0 Å². The molecule has 1 amide bonds. The van der Waals surface area contributed by atoms with Gasteiger partial charge in [-0.2, -0.15) is 10.2 Å². The summed E-state index contributed by atoms with van der Waals surface area (Å²) >= 11 is 0. The summed E-state index contributed by atoms with van der Waals surface area (Å²) in [5, 5.41) is 14.4. The predicted octanol–water partition coefficient (Wildman–Crippen LogP) is 1.51. The normalized spacial score (nSPS) is 14.3. The number of fused-ring (bicyclic) bond motifs is 1. The minimum Gasteiger partial charge on any atom is -0.347 e. The second kappa shape index (κ2) is 6.52. The second-order valence-corrected chi connectivity index (χ2v) is 6.32. The summed E-state index contributed by atoms with van der Waals surface area (Å²) in [7, 11) is 2.05. The van der Waals surface area contributed by atoms with E-state index < -0.39 is 0 Å². The SMILES string of the molecule is CN1CCc2[nH]nc(C(=O)NCc3cccc(-n4cccn4)c3)c2C1. The summed E-state index contributed by atoms with van der Waals surface area (Å²) in [5.41, 5.74) is 4.57. The second-order valence-electron chi connectivity index (χ2n) is 6.32. The average molecular weight is 336 g/mol. The van der Waals surface area contributed by atoms with Gasteiger partial charge < -0.3 is 10.2 Å². The Hall–Kier alpha value is -2.93.